The van der Waals surface area contributed by atoms with Crippen LogP contribution < -0.4 is 10.3 Å². The molecule has 0 aliphatic rings. The van der Waals surface area contributed by atoms with Gasteiger partial charge in [0.15, 0.2) is 0 Å². The molecule has 140 valence electrons. The van der Waals surface area contributed by atoms with Crippen LogP contribution in [0.25, 0.3) is 11.0 Å². The standard InChI is InChI=1S/C20H20ClN3O3/c1-23(11-4-12-27-16-9-7-15(21)8-10-16)20(26)14-24-18-6-3-2-5-17(18)22-13-19(24)25/h2-3,5-10,13H,4,11-12,14H2,1H3. The maximum atomic E-state index is 12.5. The van der Waals surface area contributed by atoms with Crippen LogP contribution in [0.2, 0.25) is 5.02 Å². The average Bonchev–Trinajstić information content (AvgIpc) is 2.68. The fourth-order valence-corrected chi connectivity index (χ4v) is 2.81. The van der Waals surface area contributed by atoms with Gasteiger partial charge in [0, 0.05) is 18.6 Å². The molecule has 1 amide bonds. The number of nitrogens with zero attached hydrogens (tertiary/aromatic N) is 3. The molecule has 0 aliphatic heterocycles. The molecule has 0 saturated heterocycles. The zero-order valence-electron chi connectivity index (χ0n) is 15.0. The van der Waals surface area contributed by atoms with Crippen LogP contribution in [0, 0.1) is 0 Å². The summed E-state index contributed by atoms with van der Waals surface area (Å²) in [4.78, 5) is 30.3. The first-order chi connectivity index (χ1) is 13.0. The lowest BCUT2D eigenvalue weighted by molar-refractivity contribution is -0.130. The fourth-order valence-electron chi connectivity index (χ4n) is 2.68. The van der Waals surface area contributed by atoms with Crippen LogP contribution in [-0.2, 0) is 11.3 Å². The molecule has 6 nitrogen and oxygen atoms in total. The van der Waals surface area contributed by atoms with E-state index in [0.29, 0.717) is 35.6 Å². The summed E-state index contributed by atoms with van der Waals surface area (Å²) in [5.74, 6) is 0.600. The van der Waals surface area contributed by atoms with Gasteiger partial charge in [-0.15, -0.1) is 0 Å². The normalized spacial score (nSPS) is 10.7. The SMILES string of the molecule is CN(CCCOc1ccc(Cl)cc1)C(=O)Cn1c(=O)cnc2ccccc21. The predicted octanol–water partition coefficient (Wildman–Crippen LogP) is 2.98. The van der Waals surface area contributed by atoms with Gasteiger partial charge in [0.2, 0.25) is 5.91 Å². The number of hydrogen-bond donors (Lipinski definition) is 0. The molecule has 0 N–H and O–H groups in total. The summed E-state index contributed by atoms with van der Waals surface area (Å²) in [5.41, 5.74) is 1.04. The first-order valence-corrected chi connectivity index (χ1v) is 8.99. The van der Waals surface area contributed by atoms with Crippen LogP contribution in [0.3, 0.4) is 0 Å². The van der Waals surface area contributed by atoms with Crippen molar-refractivity contribution in [1.29, 1.82) is 0 Å². The third-order valence-electron chi connectivity index (χ3n) is 4.19. The van der Waals surface area contributed by atoms with Gasteiger partial charge < -0.3 is 9.64 Å². The Bertz CT molecular complexity index is 986. The Morgan fingerprint density at radius 1 is 1.19 bits per heavy atom. The second kappa shape index (κ2) is 8.68. The highest BCUT2D eigenvalue weighted by molar-refractivity contribution is 6.30. The van der Waals surface area contributed by atoms with Crippen molar-refractivity contribution < 1.29 is 9.53 Å². The summed E-state index contributed by atoms with van der Waals surface area (Å²) in [5, 5.41) is 0.659. The van der Waals surface area contributed by atoms with E-state index in [9.17, 15) is 9.59 Å². The van der Waals surface area contributed by atoms with E-state index in [1.165, 1.54) is 10.8 Å². The van der Waals surface area contributed by atoms with Crippen molar-refractivity contribution in [3.63, 3.8) is 0 Å². The highest BCUT2D eigenvalue weighted by atomic mass is 35.5. The molecule has 0 unspecified atom stereocenters. The van der Waals surface area contributed by atoms with Crippen LogP contribution in [-0.4, -0.2) is 40.6 Å². The Balaban J connectivity index is 1.54. The Morgan fingerprint density at radius 3 is 2.70 bits per heavy atom. The topological polar surface area (TPSA) is 64.4 Å². The number of fused-ring (bicyclic) bond motifs is 1. The molecule has 0 radical (unpaired) electrons. The Hall–Kier alpha value is -2.86. The van der Waals surface area contributed by atoms with Gasteiger partial charge in [-0.3, -0.25) is 14.2 Å². The molecule has 7 heteroatoms. The number of ether oxygens (including phenoxy) is 1. The van der Waals surface area contributed by atoms with Gasteiger partial charge in [-0.1, -0.05) is 23.7 Å². The minimum Gasteiger partial charge on any atom is -0.494 e. The first-order valence-electron chi connectivity index (χ1n) is 8.61. The lowest BCUT2D eigenvalue weighted by Gasteiger charge is -2.18. The Morgan fingerprint density at radius 2 is 1.93 bits per heavy atom. The molecule has 0 fully saturated rings. The molecule has 0 atom stereocenters. The maximum absolute atomic E-state index is 12.5. The highest BCUT2D eigenvalue weighted by Crippen LogP contribution is 2.15. The van der Waals surface area contributed by atoms with Crippen molar-refractivity contribution in [2.24, 2.45) is 0 Å². The molecule has 0 saturated carbocycles. The quantitative estimate of drug-likeness (QED) is 0.586. The number of carbonyl (C=O) groups excluding carboxylic acids is 1. The number of hydrogen-bond acceptors (Lipinski definition) is 4. The van der Waals surface area contributed by atoms with E-state index in [1.54, 1.807) is 42.3 Å². The predicted molar refractivity (Wildman–Crippen MR) is 105 cm³/mol. The van der Waals surface area contributed by atoms with Crippen LogP contribution >= 0.6 is 11.6 Å². The average molecular weight is 386 g/mol. The van der Waals surface area contributed by atoms with Gasteiger partial charge in [0.1, 0.15) is 12.3 Å². The molecular weight excluding hydrogens is 366 g/mol. The first kappa shape index (κ1) is 18.9. The van der Waals surface area contributed by atoms with Crippen molar-refractivity contribution in [2.45, 2.75) is 13.0 Å². The molecule has 3 aromatic rings. The third-order valence-corrected chi connectivity index (χ3v) is 4.44. The zero-order valence-corrected chi connectivity index (χ0v) is 15.7. The number of rotatable bonds is 7. The van der Waals surface area contributed by atoms with Gasteiger partial charge in [-0.25, -0.2) is 4.98 Å². The fraction of sp³-hybridized carbons (Fsp3) is 0.250. The van der Waals surface area contributed by atoms with Crippen LogP contribution in [0.5, 0.6) is 5.75 Å². The smallest absolute Gasteiger partial charge is 0.269 e. The van der Waals surface area contributed by atoms with Gasteiger partial charge in [-0.05, 0) is 42.8 Å². The van der Waals surface area contributed by atoms with Crippen LogP contribution in [0.4, 0.5) is 0 Å². The lowest BCUT2D eigenvalue weighted by atomic mass is 10.3. The van der Waals surface area contributed by atoms with Crippen molar-refractivity contribution in [3.05, 3.63) is 70.1 Å². The summed E-state index contributed by atoms with van der Waals surface area (Å²) >= 11 is 5.84. The van der Waals surface area contributed by atoms with Crippen molar-refractivity contribution in [1.82, 2.24) is 14.5 Å². The van der Waals surface area contributed by atoms with Crippen LogP contribution in [0.15, 0.2) is 59.5 Å². The number of likely N-dealkylation sites (N-methyl/N-ethyl adjacent to an activating group) is 1. The molecule has 1 heterocycles. The largest absolute Gasteiger partial charge is 0.494 e. The van der Waals surface area contributed by atoms with E-state index in [4.69, 9.17) is 16.3 Å². The second-order valence-electron chi connectivity index (χ2n) is 6.14. The Kier molecular flexibility index (Phi) is 6.08. The van der Waals surface area contributed by atoms with E-state index in [-0.39, 0.29) is 18.0 Å². The van der Waals surface area contributed by atoms with E-state index in [1.807, 2.05) is 18.2 Å². The Labute approximate surface area is 162 Å². The number of halogens is 1. The summed E-state index contributed by atoms with van der Waals surface area (Å²) in [6, 6.07) is 14.4. The number of amides is 1. The number of benzene rings is 2. The van der Waals surface area contributed by atoms with Crippen LogP contribution in [0.1, 0.15) is 6.42 Å². The van der Waals surface area contributed by atoms with Gasteiger partial charge in [0.25, 0.3) is 5.56 Å². The summed E-state index contributed by atoms with van der Waals surface area (Å²) < 4.78 is 7.08. The summed E-state index contributed by atoms with van der Waals surface area (Å²) in [6.45, 7) is 0.998. The van der Waals surface area contributed by atoms with E-state index < -0.39 is 0 Å². The molecule has 3 rings (SSSR count). The van der Waals surface area contributed by atoms with Gasteiger partial charge in [0.05, 0.1) is 23.8 Å². The minimum atomic E-state index is -0.290. The summed E-state index contributed by atoms with van der Waals surface area (Å²) in [7, 11) is 1.72. The molecule has 2 aromatic carbocycles. The molecule has 27 heavy (non-hydrogen) atoms. The maximum Gasteiger partial charge on any atom is 0.269 e. The molecule has 0 aliphatic carbocycles. The van der Waals surface area contributed by atoms with Crippen molar-refractivity contribution >= 4 is 28.5 Å². The van der Waals surface area contributed by atoms with Gasteiger partial charge in [-0.2, -0.15) is 0 Å². The molecule has 1 aromatic heterocycles. The van der Waals surface area contributed by atoms with E-state index in [0.717, 1.165) is 5.75 Å². The van der Waals surface area contributed by atoms with Gasteiger partial charge >= 0.3 is 0 Å². The molecule has 0 bridgehead atoms. The monoisotopic (exact) mass is 385 g/mol. The number of aromatic nitrogens is 2. The number of para-hydroxylation sites is 2. The third kappa shape index (κ3) is 4.86. The van der Waals surface area contributed by atoms with Crippen molar-refractivity contribution in [2.75, 3.05) is 20.2 Å². The molecule has 0 spiro atoms. The van der Waals surface area contributed by atoms with Crippen molar-refractivity contribution in [3.8, 4) is 5.75 Å². The second-order valence-corrected chi connectivity index (χ2v) is 6.58. The zero-order chi connectivity index (χ0) is 19.2. The van der Waals surface area contributed by atoms with E-state index in [2.05, 4.69) is 4.98 Å². The number of carbonyl (C=O) groups is 1. The van der Waals surface area contributed by atoms with E-state index >= 15 is 0 Å². The minimum absolute atomic E-state index is 0.0175. The summed E-state index contributed by atoms with van der Waals surface area (Å²) in [6.07, 6.45) is 1.92. The lowest BCUT2D eigenvalue weighted by Crippen LogP contribution is -2.35. The molecular formula is C20H20ClN3O3. The highest BCUT2D eigenvalue weighted by Gasteiger charge is 2.12.